The maximum Gasteiger partial charge on any atom is -0.00695 e. The molecular formula is C10H18P4. The Morgan fingerprint density at radius 3 is 3.00 bits per heavy atom. The van der Waals surface area contributed by atoms with Crippen LogP contribution in [0.3, 0.4) is 0 Å². The summed E-state index contributed by atoms with van der Waals surface area (Å²) >= 11 is 0. The topological polar surface area (TPSA) is 0 Å². The Morgan fingerprint density at radius 1 is 1.50 bits per heavy atom. The van der Waals surface area contributed by atoms with Crippen molar-refractivity contribution in [2.45, 2.75) is 31.8 Å². The van der Waals surface area contributed by atoms with Crippen molar-refractivity contribution in [1.82, 2.24) is 0 Å². The van der Waals surface area contributed by atoms with Gasteiger partial charge in [0.2, 0.25) is 0 Å². The van der Waals surface area contributed by atoms with Crippen molar-refractivity contribution >= 4 is 33.1 Å². The highest BCUT2D eigenvalue weighted by Gasteiger charge is 2.30. The minimum absolute atomic E-state index is 0.186. The minimum Gasteiger partial charge on any atom is -0.110 e. The molecule has 2 aliphatic carbocycles. The monoisotopic (exact) mass is 262 g/mol. The molecular weight excluding hydrogens is 244 g/mol. The predicted octanol–water partition coefficient (Wildman–Crippen LogP) is 4.70. The molecule has 0 spiro atoms. The molecule has 0 nitrogen and oxygen atoms in total. The molecule has 2 rings (SSSR count). The summed E-state index contributed by atoms with van der Waals surface area (Å²) in [6, 6.07) is 0. The van der Waals surface area contributed by atoms with Crippen LogP contribution in [0.1, 0.15) is 26.2 Å². The molecule has 0 aromatic heterocycles. The zero-order chi connectivity index (χ0) is 10.1. The van der Waals surface area contributed by atoms with E-state index < -0.39 is 0 Å². The summed E-state index contributed by atoms with van der Waals surface area (Å²) in [5.41, 5.74) is 4.37. The second-order valence-electron chi connectivity index (χ2n) is 4.22. The number of rotatable bonds is 2. The predicted molar refractivity (Wildman–Crippen MR) is 77.6 cm³/mol. The Balaban J connectivity index is 2.10. The van der Waals surface area contributed by atoms with Crippen molar-refractivity contribution < 1.29 is 0 Å². The van der Waals surface area contributed by atoms with Crippen LogP contribution >= 0.6 is 33.1 Å². The number of hydrogen-bond acceptors (Lipinski definition) is 0. The van der Waals surface area contributed by atoms with Crippen LogP contribution in [0.4, 0.5) is 0 Å². The van der Waals surface area contributed by atoms with E-state index in [1.165, 1.54) is 19.3 Å². The van der Waals surface area contributed by atoms with Crippen LogP contribution in [-0.2, 0) is 0 Å². The number of allylic oxidation sites excluding steroid dienone is 4. The third-order valence-electron chi connectivity index (χ3n) is 3.30. The quantitative estimate of drug-likeness (QED) is 0.633. The highest BCUT2D eigenvalue weighted by molar-refractivity contribution is 8.61. The van der Waals surface area contributed by atoms with Gasteiger partial charge < -0.3 is 0 Å². The third kappa shape index (κ3) is 2.30. The average Bonchev–Trinajstić information content (AvgIpc) is 2.62. The fourth-order valence-electron chi connectivity index (χ4n) is 2.42. The van der Waals surface area contributed by atoms with Gasteiger partial charge in [0.25, 0.3) is 0 Å². The van der Waals surface area contributed by atoms with Crippen molar-refractivity contribution in [2.24, 2.45) is 5.92 Å². The minimum atomic E-state index is 0.186. The second-order valence-corrected chi connectivity index (χ2v) is 13.8. The van der Waals surface area contributed by atoms with Gasteiger partial charge in [0, 0.05) is 0 Å². The zero-order valence-corrected chi connectivity index (χ0v) is 12.7. The van der Waals surface area contributed by atoms with E-state index in [2.05, 4.69) is 36.9 Å². The molecule has 0 bridgehead atoms. The molecule has 0 aliphatic heterocycles. The maximum absolute atomic E-state index is 3.11. The van der Waals surface area contributed by atoms with Crippen LogP contribution < -0.4 is 0 Å². The first-order valence-corrected chi connectivity index (χ1v) is 11.8. The van der Waals surface area contributed by atoms with E-state index in [1.54, 1.807) is 11.1 Å². The smallest absolute Gasteiger partial charge is 0.00695 e. The van der Waals surface area contributed by atoms with E-state index in [0.717, 1.165) is 19.5 Å². The van der Waals surface area contributed by atoms with Crippen LogP contribution in [0.5, 0.6) is 0 Å². The average molecular weight is 262 g/mol. The molecule has 6 atom stereocenters. The lowest BCUT2D eigenvalue weighted by Gasteiger charge is -2.34. The Bertz CT molecular complexity index is 282. The van der Waals surface area contributed by atoms with Gasteiger partial charge in [0.05, 0.1) is 0 Å². The molecule has 14 heavy (non-hydrogen) atoms. The zero-order valence-electron chi connectivity index (χ0n) is 8.53. The molecule has 4 heteroatoms. The van der Waals surface area contributed by atoms with Crippen LogP contribution in [0.2, 0.25) is 0 Å². The van der Waals surface area contributed by atoms with E-state index in [1.807, 2.05) is 0 Å². The highest BCUT2D eigenvalue weighted by atomic mass is 32.6. The number of hydrogen-bond donors (Lipinski definition) is 0. The lowest BCUT2D eigenvalue weighted by atomic mass is 9.86. The van der Waals surface area contributed by atoms with Crippen LogP contribution in [-0.4, -0.2) is 5.66 Å². The van der Waals surface area contributed by atoms with E-state index >= 15 is 0 Å². The molecule has 0 heterocycles. The largest absolute Gasteiger partial charge is 0.110 e. The van der Waals surface area contributed by atoms with Crippen molar-refractivity contribution in [3.8, 4) is 0 Å². The summed E-state index contributed by atoms with van der Waals surface area (Å²) in [4.78, 5) is 0. The Kier molecular flexibility index (Phi) is 4.19. The second kappa shape index (κ2) is 5.02. The first kappa shape index (κ1) is 11.7. The first-order valence-electron chi connectivity index (χ1n) is 5.10. The van der Waals surface area contributed by atoms with Gasteiger partial charge in [-0.05, 0) is 36.4 Å². The first-order chi connectivity index (χ1) is 6.72. The van der Waals surface area contributed by atoms with E-state index in [4.69, 9.17) is 0 Å². The SMILES string of the molecule is CC1CC2=C(CC=C2)CC1P(P)PP. The van der Waals surface area contributed by atoms with Crippen molar-refractivity contribution in [2.75, 3.05) is 0 Å². The molecule has 0 N–H and O–H groups in total. The van der Waals surface area contributed by atoms with Crippen LogP contribution in [0.25, 0.3) is 0 Å². The van der Waals surface area contributed by atoms with Gasteiger partial charge >= 0.3 is 0 Å². The highest BCUT2D eigenvalue weighted by Crippen LogP contribution is 2.72. The molecule has 0 saturated heterocycles. The molecule has 0 aromatic carbocycles. The molecule has 2 aliphatic rings. The molecule has 0 radical (unpaired) electrons. The Hall–Kier alpha value is 1.20. The van der Waals surface area contributed by atoms with E-state index in [9.17, 15) is 0 Å². The Labute approximate surface area is 94.4 Å². The molecule has 6 unspecified atom stereocenters. The standard InChI is InChI=1S/C10H18P4/c1-7-5-8-3-2-4-9(8)6-10(7)14(12)13-11/h2-3,7,10,13H,4-6,11-12H2,1H3. The van der Waals surface area contributed by atoms with E-state index in [0.29, 0.717) is 0 Å². The fraction of sp³-hybridized carbons (Fsp3) is 0.600. The summed E-state index contributed by atoms with van der Waals surface area (Å²) in [6.45, 7) is 2.44. The molecule has 0 saturated carbocycles. The molecule has 0 aromatic rings. The van der Waals surface area contributed by atoms with Gasteiger partial charge in [-0.3, -0.25) is 0 Å². The third-order valence-corrected chi connectivity index (χ3v) is 14.7. The summed E-state index contributed by atoms with van der Waals surface area (Å²) < 4.78 is 0. The summed E-state index contributed by atoms with van der Waals surface area (Å²) in [7, 11) is 7.28. The molecule has 0 amide bonds. The Morgan fingerprint density at radius 2 is 2.29 bits per heavy atom. The van der Waals surface area contributed by atoms with Gasteiger partial charge in [-0.2, -0.15) is 0 Å². The van der Waals surface area contributed by atoms with Gasteiger partial charge in [0.15, 0.2) is 0 Å². The van der Waals surface area contributed by atoms with Crippen molar-refractivity contribution in [3.05, 3.63) is 23.3 Å². The summed E-state index contributed by atoms with van der Waals surface area (Å²) in [6.07, 6.45) is 8.65. The molecule has 0 fully saturated rings. The summed E-state index contributed by atoms with van der Waals surface area (Å²) in [5, 5.41) is 0. The van der Waals surface area contributed by atoms with Crippen molar-refractivity contribution in [1.29, 1.82) is 0 Å². The van der Waals surface area contributed by atoms with Crippen LogP contribution in [0.15, 0.2) is 23.3 Å². The van der Waals surface area contributed by atoms with Crippen LogP contribution in [0, 0.1) is 5.92 Å². The van der Waals surface area contributed by atoms with E-state index in [-0.39, 0.29) is 7.30 Å². The molecule has 78 valence electrons. The van der Waals surface area contributed by atoms with Gasteiger partial charge in [-0.1, -0.05) is 39.9 Å². The van der Waals surface area contributed by atoms with Crippen molar-refractivity contribution in [3.63, 3.8) is 0 Å². The lowest BCUT2D eigenvalue weighted by molar-refractivity contribution is 0.515. The van der Waals surface area contributed by atoms with Gasteiger partial charge in [0.1, 0.15) is 0 Å². The normalized spacial score (nSPS) is 34.2. The lowest BCUT2D eigenvalue weighted by Crippen LogP contribution is -2.19. The van der Waals surface area contributed by atoms with Gasteiger partial charge in [-0.15, -0.1) is 17.9 Å². The maximum atomic E-state index is 3.11. The fourth-order valence-corrected chi connectivity index (χ4v) is 8.22. The van der Waals surface area contributed by atoms with Gasteiger partial charge in [-0.25, -0.2) is 0 Å². The summed E-state index contributed by atoms with van der Waals surface area (Å²) in [5.74, 6) is 0.896.